The molecule has 2 heterocycles. The highest BCUT2D eigenvalue weighted by atomic mass is 32.1. The summed E-state index contributed by atoms with van der Waals surface area (Å²) in [4.78, 5) is 28.9. The number of fused-ring (bicyclic) bond motifs is 1. The number of ether oxygens (including phenoxy) is 1. The first-order valence-electron chi connectivity index (χ1n) is 8.00. The largest absolute Gasteiger partial charge is 0.457 e. The summed E-state index contributed by atoms with van der Waals surface area (Å²) in [6.07, 6.45) is 3.68. The molecule has 24 heavy (non-hydrogen) atoms. The van der Waals surface area contributed by atoms with Crippen LogP contribution in [0, 0.1) is 0 Å². The molecule has 0 amide bonds. The van der Waals surface area contributed by atoms with E-state index < -0.39 is 0 Å². The molecule has 0 aliphatic carbocycles. The minimum Gasteiger partial charge on any atom is -0.457 e. The smallest absolute Gasteiger partial charge is 0.306 e. The number of aromatic amines is 1. The second-order valence-electron chi connectivity index (χ2n) is 5.56. The van der Waals surface area contributed by atoms with Crippen molar-refractivity contribution >= 4 is 34.0 Å². The number of hydrogen-bond donors (Lipinski definition) is 1. The molecule has 1 N–H and O–H groups in total. The van der Waals surface area contributed by atoms with Crippen molar-refractivity contribution in [2.75, 3.05) is 6.61 Å². The Balaban J connectivity index is 1.50. The minimum atomic E-state index is -0.346. The van der Waals surface area contributed by atoms with Crippen molar-refractivity contribution < 1.29 is 14.3 Å². The summed E-state index contributed by atoms with van der Waals surface area (Å²) in [6.45, 7) is 1.86. The maximum absolute atomic E-state index is 12.0. The average Bonchev–Trinajstić information content (AvgIpc) is 3.24. The predicted molar refractivity (Wildman–Crippen MR) is 95.6 cm³/mol. The van der Waals surface area contributed by atoms with E-state index in [1.165, 1.54) is 11.3 Å². The summed E-state index contributed by atoms with van der Waals surface area (Å²) in [5.74, 6) is -0.485. The van der Waals surface area contributed by atoms with E-state index in [1.807, 2.05) is 43.5 Å². The summed E-state index contributed by atoms with van der Waals surface area (Å²) < 4.78 is 5.12. The molecule has 5 heteroatoms. The van der Waals surface area contributed by atoms with Crippen molar-refractivity contribution in [2.45, 2.75) is 26.2 Å². The fourth-order valence-electron chi connectivity index (χ4n) is 2.58. The molecular weight excluding hydrogens is 322 g/mol. The first-order chi connectivity index (χ1) is 11.7. The average molecular weight is 341 g/mol. The van der Waals surface area contributed by atoms with Crippen LogP contribution in [0.5, 0.6) is 0 Å². The Labute approximate surface area is 144 Å². The van der Waals surface area contributed by atoms with Crippen LogP contribution in [-0.2, 0) is 22.4 Å². The molecule has 0 spiro atoms. The number of Topliss-reactive ketones (excluding diaryl/α,β-unsaturated/α-hetero) is 1. The summed E-state index contributed by atoms with van der Waals surface area (Å²) in [5, 5.41) is 1.12. The maximum atomic E-state index is 12.0. The van der Waals surface area contributed by atoms with Gasteiger partial charge in [-0.25, -0.2) is 0 Å². The van der Waals surface area contributed by atoms with Crippen LogP contribution in [0.4, 0.5) is 0 Å². The van der Waals surface area contributed by atoms with Crippen LogP contribution in [-0.4, -0.2) is 23.3 Å². The van der Waals surface area contributed by atoms with Gasteiger partial charge < -0.3 is 9.72 Å². The third kappa shape index (κ3) is 3.74. The Bertz CT molecular complexity index is 862. The number of thiophene rings is 1. The topological polar surface area (TPSA) is 59.2 Å². The number of ketones is 1. The van der Waals surface area contributed by atoms with Crippen LogP contribution in [0.1, 0.15) is 33.5 Å². The van der Waals surface area contributed by atoms with Crippen LogP contribution >= 0.6 is 11.3 Å². The van der Waals surface area contributed by atoms with Gasteiger partial charge in [-0.05, 0) is 36.6 Å². The number of carbonyl (C=O) groups is 2. The quantitative estimate of drug-likeness (QED) is 0.519. The van der Waals surface area contributed by atoms with Crippen molar-refractivity contribution in [1.82, 2.24) is 4.98 Å². The van der Waals surface area contributed by atoms with Gasteiger partial charge in [-0.3, -0.25) is 9.59 Å². The molecule has 0 saturated carbocycles. The van der Waals surface area contributed by atoms with E-state index in [-0.39, 0.29) is 24.8 Å². The minimum absolute atomic E-state index is 0.139. The SMILES string of the molecule is CCc1ccc(C(=O)COC(=O)CCc2c[nH]c3ccccc23)s1. The Morgan fingerprint density at radius 3 is 2.79 bits per heavy atom. The molecule has 124 valence electrons. The number of para-hydroxylation sites is 1. The summed E-state index contributed by atoms with van der Waals surface area (Å²) in [6, 6.07) is 11.7. The number of benzene rings is 1. The Hall–Kier alpha value is -2.40. The highest BCUT2D eigenvalue weighted by Crippen LogP contribution is 2.20. The summed E-state index contributed by atoms with van der Waals surface area (Å²) >= 11 is 1.46. The molecule has 4 nitrogen and oxygen atoms in total. The lowest BCUT2D eigenvalue weighted by Crippen LogP contribution is -2.13. The molecule has 0 saturated heterocycles. The van der Waals surface area contributed by atoms with Gasteiger partial charge in [0.05, 0.1) is 4.88 Å². The van der Waals surface area contributed by atoms with Crippen LogP contribution in [0.2, 0.25) is 0 Å². The molecule has 0 fully saturated rings. The van der Waals surface area contributed by atoms with Gasteiger partial charge in [0.2, 0.25) is 5.78 Å². The van der Waals surface area contributed by atoms with E-state index in [0.29, 0.717) is 11.3 Å². The van der Waals surface area contributed by atoms with Crippen molar-refractivity contribution in [3.05, 3.63) is 57.9 Å². The van der Waals surface area contributed by atoms with Crippen molar-refractivity contribution in [3.8, 4) is 0 Å². The number of aryl methyl sites for hydroxylation is 2. The Morgan fingerprint density at radius 2 is 2.00 bits per heavy atom. The van der Waals surface area contributed by atoms with E-state index in [4.69, 9.17) is 4.74 Å². The standard InChI is InChI=1S/C19H19NO3S/c1-2-14-8-9-18(24-14)17(21)12-23-19(22)10-7-13-11-20-16-6-4-3-5-15(13)16/h3-6,8-9,11,20H,2,7,10,12H2,1H3. The second kappa shape index (κ2) is 7.45. The molecule has 2 aromatic heterocycles. The molecule has 0 unspecified atom stereocenters. The maximum Gasteiger partial charge on any atom is 0.306 e. The van der Waals surface area contributed by atoms with Crippen LogP contribution < -0.4 is 0 Å². The lowest BCUT2D eigenvalue weighted by Gasteiger charge is -2.03. The molecule has 3 aromatic rings. The monoisotopic (exact) mass is 341 g/mol. The number of nitrogens with one attached hydrogen (secondary N) is 1. The first-order valence-corrected chi connectivity index (χ1v) is 8.81. The van der Waals surface area contributed by atoms with E-state index in [9.17, 15) is 9.59 Å². The molecule has 0 aliphatic heterocycles. The zero-order chi connectivity index (χ0) is 16.9. The van der Waals surface area contributed by atoms with Crippen LogP contribution in [0.3, 0.4) is 0 Å². The number of H-pyrrole nitrogens is 1. The fraction of sp³-hybridized carbons (Fsp3) is 0.263. The Morgan fingerprint density at radius 1 is 1.17 bits per heavy atom. The fourth-order valence-corrected chi connectivity index (χ4v) is 3.45. The number of carbonyl (C=O) groups excluding carboxylic acids is 2. The van der Waals surface area contributed by atoms with Gasteiger partial charge in [-0.1, -0.05) is 25.1 Å². The molecule has 0 radical (unpaired) electrons. The van der Waals surface area contributed by atoms with Gasteiger partial charge in [0.25, 0.3) is 0 Å². The predicted octanol–water partition coefficient (Wildman–Crippen LogP) is 4.15. The molecule has 0 aliphatic rings. The highest BCUT2D eigenvalue weighted by molar-refractivity contribution is 7.14. The van der Waals surface area contributed by atoms with Crippen LogP contribution in [0.15, 0.2) is 42.6 Å². The molecule has 1 aromatic carbocycles. The highest BCUT2D eigenvalue weighted by Gasteiger charge is 2.13. The van der Waals surface area contributed by atoms with Gasteiger partial charge in [0.1, 0.15) is 0 Å². The normalized spacial score (nSPS) is 10.9. The van der Waals surface area contributed by atoms with Crippen LogP contribution in [0.25, 0.3) is 10.9 Å². The number of esters is 1. The van der Waals surface area contributed by atoms with Crippen molar-refractivity contribution in [3.63, 3.8) is 0 Å². The second-order valence-corrected chi connectivity index (χ2v) is 6.73. The van der Waals surface area contributed by atoms with Gasteiger partial charge in [-0.2, -0.15) is 0 Å². The third-order valence-corrected chi connectivity index (χ3v) is 5.19. The number of aromatic nitrogens is 1. The first kappa shape index (κ1) is 16.5. The van der Waals surface area contributed by atoms with E-state index >= 15 is 0 Å². The van der Waals surface area contributed by atoms with E-state index in [1.54, 1.807) is 6.07 Å². The zero-order valence-electron chi connectivity index (χ0n) is 13.5. The number of rotatable bonds is 7. The zero-order valence-corrected chi connectivity index (χ0v) is 14.3. The third-order valence-electron chi connectivity index (χ3n) is 3.92. The molecule has 0 atom stereocenters. The number of hydrogen-bond acceptors (Lipinski definition) is 4. The van der Waals surface area contributed by atoms with Crippen molar-refractivity contribution in [1.29, 1.82) is 0 Å². The molecule has 3 rings (SSSR count). The lowest BCUT2D eigenvalue weighted by molar-refractivity contribution is -0.142. The van der Waals surface area contributed by atoms with Gasteiger partial charge >= 0.3 is 5.97 Å². The van der Waals surface area contributed by atoms with Crippen molar-refractivity contribution in [2.24, 2.45) is 0 Å². The van der Waals surface area contributed by atoms with Gasteiger partial charge in [0, 0.05) is 28.4 Å². The van der Waals surface area contributed by atoms with Gasteiger partial charge in [-0.15, -0.1) is 11.3 Å². The van der Waals surface area contributed by atoms with Gasteiger partial charge in [0.15, 0.2) is 6.61 Å². The molecular formula is C19H19NO3S. The summed E-state index contributed by atoms with van der Waals surface area (Å²) in [5.41, 5.74) is 2.14. The Kier molecular flexibility index (Phi) is 5.11. The molecule has 0 bridgehead atoms. The lowest BCUT2D eigenvalue weighted by atomic mass is 10.1. The van der Waals surface area contributed by atoms with E-state index in [0.717, 1.165) is 27.8 Å². The summed E-state index contributed by atoms with van der Waals surface area (Å²) in [7, 11) is 0. The van der Waals surface area contributed by atoms with E-state index in [2.05, 4.69) is 4.98 Å².